The lowest BCUT2D eigenvalue weighted by Gasteiger charge is -2.25. The van der Waals surface area contributed by atoms with Gasteiger partial charge in [-0.3, -0.25) is 4.79 Å². The lowest BCUT2D eigenvalue weighted by Crippen LogP contribution is -2.19. The Morgan fingerprint density at radius 2 is 1.95 bits per heavy atom. The van der Waals surface area contributed by atoms with Crippen LogP contribution in [0, 0.1) is 11.3 Å². The highest BCUT2D eigenvalue weighted by atomic mass is 35.5. The highest BCUT2D eigenvalue weighted by molar-refractivity contribution is 6.31. The Kier molecular flexibility index (Phi) is 4.75. The number of carbonyl (C=O) groups excluding carboxylic acids is 1. The Labute approximate surface area is 123 Å². The molecule has 0 aliphatic heterocycles. The standard InChI is InChI=1S/C16H13ClN2O/c17-14-8-7-13(12-20)16(11-14)19(10-4-9-18)15-5-2-1-3-6-15/h1-3,5-8,11-12H,4,10H2. The second kappa shape index (κ2) is 6.74. The van der Waals surface area contributed by atoms with Crippen LogP contribution >= 0.6 is 11.6 Å². The molecule has 0 aromatic heterocycles. The third-order valence-corrected chi connectivity index (χ3v) is 3.16. The van der Waals surface area contributed by atoms with Crippen LogP contribution in [-0.4, -0.2) is 12.8 Å². The largest absolute Gasteiger partial charge is 0.340 e. The molecule has 0 amide bonds. The topological polar surface area (TPSA) is 44.1 Å². The number of benzene rings is 2. The van der Waals surface area contributed by atoms with E-state index in [-0.39, 0.29) is 0 Å². The number of hydrogen-bond donors (Lipinski definition) is 0. The summed E-state index contributed by atoms with van der Waals surface area (Å²) >= 11 is 6.03. The molecule has 0 unspecified atom stereocenters. The van der Waals surface area contributed by atoms with Gasteiger partial charge in [0.2, 0.25) is 0 Å². The van der Waals surface area contributed by atoms with Gasteiger partial charge in [-0.2, -0.15) is 5.26 Å². The SMILES string of the molecule is N#CCCN(c1ccccc1)c1cc(Cl)ccc1C=O. The molecular weight excluding hydrogens is 272 g/mol. The van der Waals surface area contributed by atoms with Crippen molar-refractivity contribution in [1.29, 1.82) is 5.26 Å². The molecule has 100 valence electrons. The first-order valence-corrected chi connectivity index (χ1v) is 6.58. The Morgan fingerprint density at radius 3 is 2.60 bits per heavy atom. The van der Waals surface area contributed by atoms with E-state index in [9.17, 15) is 4.79 Å². The maximum absolute atomic E-state index is 11.2. The average Bonchev–Trinajstić information content (AvgIpc) is 2.49. The number of carbonyl (C=O) groups is 1. The third-order valence-electron chi connectivity index (χ3n) is 2.93. The summed E-state index contributed by atoms with van der Waals surface area (Å²) in [4.78, 5) is 13.1. The molecule has 2 aromatic rings. The second-order valence-electron chi connectivity index (χ2n) is 4.22. The highest BCUT2D eigenvalue weighted by Gasteiger charge is 2.13. The van der Waals surface area contributed by atoms with Crippen LogP contribution in [0.3, 0.4) is 0 Å². The van der Waals surface area contributed by atoms with Crippen LogP contribution in [0.5, 0.6) is 0 Å². The molecule has 0 saturated heterocycles. The fraction of sp³-hybridized carbons (Fsp3) is 0.125. The van der Waals surface area contributed by atoms with Crippen LogP contribution < -0.4 is 4.90 Å². The van der Waals surface area contributed by atoms with Crippen molar-refractivity contribution >= 4 is 29.3 Å². The summed E-state index contributed by atoms with van der Waals surface area (Å²) in [6, 6.07) is 16.9. The molecule has 2 aromatic carbocycles. The van der Waals surface area contributed by atoms with Crippen LogP contribution in [-0.2, 0) is 0 Å². The van der Waals surface area contributed by atoms with Crippen molar-refractivity contribution in [3.63, 3.8) is 0 Å². The minimum atomic E-state index is 0.361. The number of halogens is 1. The number of rotatable bonds is 5. The van der Waals surface area contributed by atoms with Gasteiger partial charge in [-0.15, -0.1) is 0 Å². The molecule has 0 bridgehead atoms. The molecule has 0 spiro atoms. The lowest BCUT2D eigenvalue weighted by atomic mass is 10.1. The summed E-state index contributed by atoms with van der Waals surface area (Å²) in [5.74, 6) is 0. The number of aldehydes is 1. The monoisotopic (exact) mass is 284 g/mol. The molecule has 4 heteroatoms. The molecule has 0 atom stereocenters. The van der Waals surface area contributed by atoms with Gasteiger partial charge in [0.05, 0.1) is 18.2 Å². The van der Waals surface area contributed by atoms with E-state index in [0.717, 1.165) is 12.0 Å². The lowest BCUT2D eigenvalue weighted by molar-refractivity contribution is 0.112. The van der Waals surface area contributed by atoms with E-state index < -0.39 is 0 Å². The van der Waals surface area contributed by atoms with Crippen LogP contribution in [0.25, 0.3) is 0 Å². The summed E-state index contributed by atoms with van der Waals surface area (Å²) in [5, 5.41) is 9.38. The normalized spacial score (nSPS) is 9.80. The van der Waals surface area contributed by atoms with Gasteiger partial charge in [0.25, 0.3) is 0 Å². The molecule has 0 aliphatic carbocycles. The van der Waals surface area contributed by atoms with Crippen molar-refractivity contribution in [2.45, 2.75) is 6.42 Å². The van der Waals surface area contributed by atoms with Gasteiger partial charge in [-0.05, 0) is 30.3 Å². The van der Waals surface area contributed by atoms with Gasteiger partial charge >= 0.3 is 0 Å². The Hall–Kier alpha value is -2.31. The van der Waals surface area contributed by atoms with E-state index in [2.05, 4.69) is 6.07 Å². The van der Waals surface area contributed by atoms with Crippen molar-refractivity contribution < 1.29 is 4.79 Å². The van der Waals surface area contributed by atoms with E-state index in [1.807, 2.05) is 35.2 Å². The fourth-order valence-corrected chi connectivity index (χ4v) is 2.17. The third kappa shape index (κ3) is 3.17. The zero-order valence-electron chi connectivity index (χ0n) is 10.8. The minimum Gasteiger partial charge on any atom is -0.340 e. The van der Waals surface area contributed by atoms with Crippen molar-refractivity contribution in [3.05, 3.63) is 59.1 Å². The van der Waals surface area contributed by atoms with Crippen molar-refractivity contribution in [2.75, 3.05) is 11.4 Å². The smallest absolute Gasteiger partial charge is 0.152 e. The van der Waals surface area contributed by atoms with Crippen molar-refractivity contribution in [3.8, 4) is 6.07 Å². The number of hydrogen-bond acceptors (Lipinski definition) is 3. The van der Waals surface area contributed by atoms with Crippen LogP contribution in [0.1, 0.15) is 16.8 Å². The maximum atomic E-state index is 11.2. The van der Waals surface area contributed by atoms with E-state index in [1.54, 1.807) is 18.2 Å². The van der Waals surface area contributed by atoms with Gasteiger partial charge in [0.15, 0.2) is 6.29 Å². The van der Waals surface area contributed by atoms with Gasteiger partial charge in [0, 0.05) is 22.8 Å². The molecule has 0 fully saturated rings. The van der Waals surface area contributed by atoms with E-state index in [0.29, 0.717) is 29.2 Å². The Morgan fingerprint density at radius 1 is 1.20 bits per heavy atom. The van der Waals surface area contributed by atoms with Crippen LogP contribution in [0.4, 0.5) is 11.4 Å². The van der Waals surface area contributed by atoms with Crippen molar-refractivity contribution in [2.24, 2.45) is 0 Å². The van der Waals surface area contributed by atoms with Gasteiger partial charge in [-0.1, -0.05) is 29.8 Å². The molecule has 0 radical (unpaired) electrons. The van der Waals surface area contributed by atoms with Gasteiger partial charge in [-0.25, -0.2) is 0 Å². The van der Waals surface area contributed by atoms with E-state index in [1.165, 1.54) is 0 Å². The first-order valence-electron chi connectivity index (χ1n) is 6.20. The molecule has 0 aliphatic rings. The van der Waals surface area contributed by atoms with Crippen molar-refractivity contribution in [1.82, 2.24) is 0 Å². The molecule has 3 nitrogen and oxygen atoms in total. The van der Waals surface area contributed by atoms with E-state index in [4.69, 9.17) is 16.9 Å². The molecule has 0 saturated carbocycles. The fourth-order valence-electron chi connectivity index (χ4n) is 2.01. The predicted octanol–water partition coefficient (Wildman–Crippen LogP) is 4.20. The molecular formula is C16H13ClN2O. The Balaban J connectivity index is 2.49. The van der Waals surface area contributed by atoms with Gasteiger partial charge in [0.1, 0.15) is 0 Å². The Bertz CT molecular complexity index is 635. The van der Waals surface area contributed by atoms with Gasteiger partial charge < -0.3 is 4.90 Å². The molecule has 0 heterocycles. The molecule has 20 heavy (non-hydrogen) atoms. The van der Waals surface area contributed by atoms with Crippen LogP contribution in [0.2, 0.25) is 5.02 Å². The molecule has 0 N–H and O–H groups in total. The first kappa shape index (κ1) is 14.1. The molecule has 2 rings (SSSR count). The number of anilines is 2. The average molecular weight is 285 g/mol. The number of para-hydroxylation sites is 1. The second-order valence-corrected chi connectivity index (χ2v) is 4.65. The maximum Gasteiger partial charge on any atom is 0.152 e. The van der Waals surface area contributed by atoms with Crippen LogP contribution in [0.15, 0.2) is 48.5 Å². The quantitative estimate of drug-likeness (QED) is 0.773. The zero-order valence-corrected chi connectivity index (χ0v) is 11.5. The summed E-state index contributed by atoms with van der Waals surface area (Å²) < 4.78 is 0. The summed E-state index contributed by atoms with van der Waals surface area (Å²) in [7, 11) is 0. The summed E-state index contributed by atoms with van der Waals surface area (Å²) in [6.07, 6.45) is 1.16. The zero-order chi connectivity index (χ0) is 14.4. The summed E-state index contributed by atoms with van der Waals surface area (Å²) in [6.45, 7) is 0.502. The number of nitriles is 1. The number of nitrogens with zero attached hydrogens (tertiary/aromatic N) is 2. The first-order chi connectivity index (χ1) is 9.76. The summed E-state index contributed by atoms with van der Waals surface area (Å²) in [5.41, 5.74) is 2.19. The predicted molar refractivity (Wildman–Crippen MR) is 80.5 cm³/mol. The van der Waals surface area contributed by atoms with E-state index >= 15 is 0 Å². The highest BCUT2D eigenvalue weighted by Crippen LogP contribution is 2.30. The minimum absolute atomic E-state index is 0.361.